The number of ether oxygens (including phenoxy) is 2. The second-order valence-corrected chi connectivity index (χ2v) is 9.19. The highest BCUT2D eigenvalue weighted by molar-refractivity contribution is 7.91. The molecular formula is C16H18N2O7S3. The molecule has 0 saturated carbocycles. The lowest BCUT2D eigenvalue weighted by Crippen LogP contribution is -2.21. The van der Waals surface area contributed by atoms with Gasteiger partial charge in [-0.3, -0.25) is 4.79 Å². The number of carbonyl (C=O) groups is 3. The van der Waals surface area contributed by atoms with Gasteiger partial charge in [0.25, 0.3) is 5.91 Å². The normalized spacial score (nSPS) is 11.1. The lowest BCUT2D eigenvalue weighted by atomic mass is 10.2. The number of sulfonamides is 1. The minimum Gasteiger partial charge on any atom is -0.462 e. The Balaban J connectivity index is 2.01. The second kappa shape index (κ2) is 9.28. The lowest BCUT2D eigenvalue weighted by molar-refractivity contribution is -0.119. The maximum absolute atomic E-state index is 12.1. The van der Waals surface area contributed by atoms with Crippen molar-refractivity contribution < 1.29 is 32.3 Å². The third-order valence-corrected chi connectivity index (χ3v) is 6.89. The molecule has 2 aromatic rings. The first-order valence-corrected chi connectivity index (χ1v) is 11.3. The highest BCUT2D eigenvalue weighted by Crippen LogP contribution is 2.29. The van der Waals surface area contributed by atoms with Crippen LogP contribution in [-0.2, 0) is 30.7 Å². The number of hydrogen-bond donors (Lipinski definition) is 2. The molecule has 2 heterocycles. The number of esters is 2. The SMILES string of the molecule is CCOC(=O)c1cc(CC)sc1NC(=O)COC(=O)c1csc(S(N)(=O)=O)c1. The van der Waals surface area contributed by atoms with Crippen LogP contribution >= 0.6 is 22.7 Å². The molecule has 0 aromatic carbocycles. The summed E-state index contributed by atoms with van der Waals surface area (Å²) in [5.41, 5.74) is 0.206. The van der Waals surface area contributed by atoms with Gasteiger partial charge in [-0.25, -0.2) is 23.1 Å². The van der Waals surface area contributed by atoms with Crippen molar-refractivity contribution in [2.24, 2.45) is 5.14 Å². The average molecular weight is 447 g/mol. The number of carbonyl (C=O) groups excluding carboxylic acids is 3. The van der Waals surface area contributed by atoms with E-state index in [1.54, 1.807) is 13.0 Å². The van der Waals surface area contributed by atoms with Gasteiger partial charge in [-0.2, -0.15) is 0 Å². The largest absolute Gasteiger partial charge is 0.462 e. The van der Waals surface area contributed by atoms with Crippen LogP contribution in [0.5, 0.6) is 0 Å². The van der Waals surface area contributed by atoms with Gasteiger partial charge >= 0.3 is 11.9 Å². The number of anilines is 1. The Kier molecular flexibility index (Phi) is 7.29. The number of aryl methyl sites for hydroxylation is 1. The average Bonchev–Trinajstić information content (AvgIpc) is 3.27. The number of nitrogens with one attached hydrogen (secondary N) is 1. The summed E-state index contributed by atoms with van der Waals surface area (Å²) >= 11 is 2.00. The number of thiophene rings is 2. The van der Waals surface area contributed by atoms with Crippen LogP contribution in [0.15, 0.2) is 21.7 Å². The summed E-state index contributed by atoms with van der Waals surface area (Å²) in [6.45, 7) is 3.17. The quantitative estimate of drug-likeness (QED) is 0.591. The molecular weight excluding hydrogens is 428 g/mol. The third-order valence-electron chi connectivity index (χ3n) is 3.31. The van der Waals surface area contributed by atoms with Crippen molar-refractivity contribution in [3.05, 3.63) is 33.5 Å². The van der Waals surface area contributed by atoms with Crippen LogP contribution < -0.4 is 10.5 Å². The predicted octanol–water partition coefficient (Wildman–Crippen LogP) is 1.99. The fourth-order valence-electron chi connectivity index (χ4n) is 2.02. The summed E-state index contributed by atoms with van der Waals surface area (Å²) < 4.78 is 32.1. The van der Waals surface area contributed by atoms with Crippen molar-refractivity contribution in [1.82, 2.24) is 0 Å². The number of hydrogen-bond acceptors (Lipinski definition) is 9. The van der Waals surface area contributed by atoms with Crippen molar-refractivity contribution in [2.45, 2.75) is 24.5 Å². The summed E-state index contributed by atoms with van der Waals surface area (Å²) in [5.74, 6) is -2.07. The first kappa shape index (κ1) is 22.0. The first-order chi connectivity index (χ1) is 13.2. The van der Waals surface area contributed by atoms with E-state index in [1.807, 2.05) is 6.92 Å². The van der Waals surface area contributed by atoms with Gasteiger partial charge in [0.05, 0.1) is 17.7 Å². The van der Waals surface area contributed by atoms with Crippen LogP contribution in [0.1, 0.15) is 39.4 Å². The molecule has 2 rings (SSSR count). The fraction of sp³-hybridized carbons (Fsp3) is 0.312. The molecule has 0 aliphatic rings. The van der Waals surface area contributed by atoms with Crippen LogP contribution in [0, 0.1) is 0 Å². The summed E-state index contributed by atoms with van der Waals surface area (Å²) in [7, 11) is -3.92. The van der Waals surface area contributed by atoms with E-state index in [9.17, 15) is 22.8 Å². The topological polar surface area (TPSA) is 142 Å². The van der Waals surface area contributed by atoms with E-state index in [2.05, 4.69) is 5.32 Å². The minimum atomic E-state index is -3.92. The zero-order valence-corrected chi connectivity index (χ0v) is 17.5. The Labute approximate surface area is 169 Å². The van der Waals surface area contributed by atoms with E-state index in [1.165, 1.54) is 16.7 Å². The molecule has 0 bridgehead atoms. The van der Waals surface area contributed by atoms with Crippen LogP contribution in [0.2, 0.25) is 0 Å². The Bertz CT molecular complexity index is 992. The van der Waals surface area contributed by atoms with E-state index in [4.69, 9.17) is 14.6 Å². The van der Waals surface area contributed by atoms with Crippen LogP contribution in [0.3, 0.4) is 0 Å². The molecule has 9 nitrogen and oxygen atoms in total. The fourth-order valence-corrected chi connectivity index (χ4v) is 4.59. The maximum Gasteiger partial charge on any atom is 0.341 e. The zero-order chi connectivity index (χ0) is 20.9. The molecule has 2 aromatic heterocycles. The van der Waals surface area contributed by atoms with Crippen molar-refractivity contribution in [1.29, 1.82) is 0 Å². The van der Waals surface area contributed by atoms with Crippen molar-refractivity contribution >= 4 is 55.5 Å². The van der Waals surface area contributed by atoms with E-state index in [0.29, 0.717) is 11.4 Å². The Morgan fingerprint density at radius 1 is 1.14 bits per heavy atom. The molecule has 0 saturated heterocycles. The van der Waals surface area contributed by atoms with Crippen molar-refractivity contribution in [2.75, 3.05) is 18.5 Å². The van der Waals surface area contributed by atoms with Crippen LogP contribution in [0.4, 0.5) is 5.00 Å². The molecule has 152 valence electrons. The molecule has 1 amide bonds. The zero-order valence-electron chi connectivity index (χ0n) is 15.0. The van der Waals surface area contributed by atoms with Gasteiger partial charge in [-0.15, -0.1) is 22.7 Å². The summed E-state index contributed by atoms with van der Waals surface area (Å²) in [6.07, 6.45) is 0.673. The van der Waals surface area contributed by atoms with Gasteiger partial charge in [0.1, 0.15) is 9.21 Å². The van der Waals surface area contributed by atoms with E-state index in [0.717, 1.165) is 22.3 Å². The highest BCUT2D eigenvalue weighted by Gasteiger charge is 2.20. The molecule has 0 aliphatic carbocycles. The molecule has 0 radical (unpaired) electrons. The number of rotatable bonds is 8. The van der Waals surface area contributed by atoms with E-state index >= 15 is 0 Å². The summed E-state index contributed by atoms with van der Waals surface area (Å²) in [5, 5.41) is 9.09. The monoisotopic (exact) mass is 446 g/mol. The number of amides is 1. The summed E-state index contributed by atoms with van der Waals surface area (Å²) in [4.78, 5) is 36.9. The molecule has 28 heavy (non-hydrogen) atoms. The summed E-state index contributed by atoms with van der Waals surface area (Å²) in [6, 6.07) is 2.72. The van der Waals surface area contributed by atoms with E-state index in [-0.39, 0.29) is 21.9 Å². The minimum absolute atomic E-state index is 0.0292. The van der Waals surface area contributed by atoms with Gasteiger partial charge < -0.3 is 14.8 Å². The smallest absolute Gasteiger partial charge is 0.341 e. The van der Waals surface area contributed by atoms with E-state index < -0.39 is 34.5 Å². The van der Waals surface area contributed by atoms with Crippen LogP contribution in [-0.4, -0.2) is 39.5 Å². The van der Waals surface area contributed by atoms with Gasteiger partial charge in [0.15, 0.2) is 6.61 Å². The van der Waals surface area contributed by atoms with Gasteiger partial charge in [0, 0.05) is 10.3 Å². The lowest BCUT2D eigenvalue weighted by Gasteiger charge is -2.06. The van der Waals surface area contributed by atoms with Crippen LogP contribution in [0.25, 0.3) is 0 Å². The highest BCUT2D eigenvalue weighted by atomic mass is 32.2. The number of nitrogens with two attached hydrogens (primary N) is 1. The number of primary sulfonamides is 1. The molecule has 12 heteroatoms. The van der Waals surface area contributed by atoms with Gasteiger partial charge in [0.2, 0.25) is 10.0 Å². The van der Waals surface area contributed by atoms with Gasteiger partial charge in [-0.1, -0.05) is 6.92 Å². The molecule has 0 atom stereocenters. The second-order valence-electron chi connectivity index (χ2n) is 5.35. The Morgan fingerprint density at radius 2 is 1.86 bits per heavy atom. The molecule has 3 N–H and O–H groups in total. The first-order valence-electron chi connectivity index (χ1n) is 8.03. The molecule has 0 unspecified atom stereocenters. The third kappa shape index (κ3) is 5.61. The molecule has 0 aliphatic heterocycles. The Hall–Kier alpha value is -2.28. The van der Waals surface area contributed by atoms with Gasteiger partial charge in [-0.05, 0) is 25.5 Å². The standard InChI is InChI=1S/C16H18N2O7S3/c1-3-10-6-11(16(21)24-4-2)14(27-10)18-12(19)7-25-15(20)9-5-13(26-8-9)28(17,22)23/h5-6,8H,3-4,7H2,1-2H3,(H,18,19)(H2,17,22,23). The van der Waals surface area contributed by atoms with Crippen molar-refractivity contribution in [3.8, 4) is 0 Å². The molecule has 0 fully saturated rings. The van der Waals surface area contributed by atoms with Crippen molar-refractivity contribution in [3.63, 3.8) is 0 Å². The maximum atomic E-state index is 12.1. The Morgan fingerprint density at radius 3 is 2.43 bits per heavy atom. The predicted molar refractivity (Wildman–Crippen MR) is 104 cm³/mol. The molecule has 0 spiro atoms.